The molecule has 126 valence electrons. The number of amides is 3. The first-order chi connectivity index (χ1) is 10.7. The third-order valence-electron chi connectivity index (χ3n) is 5.01. The van der Waals surface area contributed by atoms with E-state index in [1.807, 2.05) is 4.90 Å². The summed E-state index contributed by atoms with van der Waals surface area (Å²) in [6.45, 7) is 4.98. The van der Waals surface area contributed by atoms with Gasteiger partial charge in [-0.3, -0.25) is 4.79 Å². The lowest BCUT2D eigenvalue weighted by atomic mass is 9.96. The van der Waals surface area contributed by atoms with Gasteiger partial charge in [0.1, 0.15) is 0 Å². The molecule has 0 unspecified atom stereocenters. The van der Waals surface area contributed by atoms with Crippen LogP contribution in [-0.2, 0) is 4.79 Å². The van der Waals surface area contributed by atoms with Crippen LogP contribution < -0.4 is 10.6 Å². The minimum atomic E-state index is 0.0467. The highest BCUT2D eigenvalue weighted by molar-refractivity contribution is 5.79. The molecule has 1 aliphatic carbocycles. The maximum absolute atomic E-state index is 12.1. The fraction of sp³-hybridized carbons (Fsp3) is 0.882. The highest BCUT2D eigenvalue weighted by Crippen LogP contribution is 2.27. The van der Waals surface area contributed by atoms with Crippen molar-refractivity contribution in [3.05, 3.63) is 0 Å². The maximum Gasteiger partial charge on any atom is 0.317 e. The lowest BCUT2D eigenvalue weighted by Gasteiger charge is -2.31. The molecule has 5 nitrogen and oxygen atoms in total. The van der Waals surface area contributed by atoms with Crippen molar-refractivity contribution >= 4 is 11.9 Å². The Morgan fingerprint density at radius 3 is 2.32 bits per heavy atom. The van der Waals surface area contributed by atoms with Crippen LogP contribution in [-0.4, -0.2) is 43.0 Å². The van der Waals surface area contributed by atoms with Crippen molar-refractivity contribution in [2.24, 2.45) is 11.8 Å². The summed E-state index contributed by atoms with van der Waals surface area (Å²) in [5.41, 5.74) is 0. The van der Waals surface area contributed by atoms with E-state index in [1.54, 1.807) is 0 Å². The third-order valence-corrected chi connectivity index (χ3v) is 5.01. The molecular weight excluding hydrogens is 278 g/mol. The van der Waals surface area contributed by atoms with Crippen LogP contribution in [0.2, 0.25) is 0 Å². The van der Waals surface area contributed by atoms with Gasteiger partial charge in [0.25, 0.3) is 0 Å². The fourth-order valence-electron chi connectivity index (χ4n) is 3.53. The molecule has 0 aromatic heterocycles. The number of rotatable bonds is 6. The highest BCUT2D eigenvalue weighted by Gasteiger charge is 2.27. The van der Waals surface area contributed by atoms with E-state index in [2.05, 4.69) is 17.6 Å². The molecule has 2 aliphatic rings. The molecule has 0 atom stereocenters. The molecule has 2 N–H and O–H groups in total. The number of nitrogens with one attached hydrogen (secondary N) is 2. The third kappa shape index (κ3) is 5.18. The molecule has 0 bridgehead atoms. The molecule has 0 radical (unpaired) electrons. The standard InChI is InChI=1S/C17H31N3O2/c1-2-10-18-16(21)15-8-12-20(13-9-15)17(22)19-11-7-14-5-3-4-6-14/h14-15H,2-13H2,1H3,(H,18,21)(H,19,22). The number of urea groups is 1. The van der Waals surface area contributed by atoms with Gasteiger partial charge in [-0.25, -0.2) is 4.79 Å². The second-order valence-corrected chi connectivity index (χ2v) is 6.72. The lowest BCUT2D eigenvalue weighted by molar-refractivity contribution is -0.126. The number of hydrogen-bond donors (Lipinski definition) is 2. The number of carbonyl (C=O) groups excluding carboxylic acids is 2. The zero-order valence-electron chi connectivity index (χ0n) is 13.9. The summed E-state index contributed by atoms with van der Waals surface area (Å²) in [7, 11) is 0. The molecular formula is C17H31N3O2. The first kappa shape index (κ1) is 17.1. The summed E-state index contributed by atoms with van der Waals surface area (Å²) in [6.07, 6.45) is 9.01. The van der Waals surface area contributed by atoms with E-state index in [-0.39, 0.29) is 17.9 Å². The SMILES string of the molecule is CCCNC(=O)C1CCN(C(=O)NCCC2CCCC2)CC1. The van der Waals surface area contributed by atoms with E-state index in [0.717, 1.165) is 44.7 Å². The van der Waals surface area contributed by atoms with Gasteiger partial charge in [0.2, 0.25) is 5.91 Å². The summed E-state index contributed by atoms with van der Waals surface area (Å²) < 4.78 is 0. The fourth-order valence-corrected chi connectivity index (χ4v) is 3.53. The summed E-state index contributed by atoms with van der Waals surface area (Å²) in [4.78, 5) is 25.9. The van der Waals surface area contributed by atoms with E-state index < -0.39 is 0 Å². The molecule has 2 rings (SSSR count). The van der Waals surface area contributed by atoms with Crippen molar-refractivity contribution in [1.82, 2.24) is 15.5 Å². The van der Waals surface area contributed by atoms with Crippen LogP contribution in [0.1, 0.15) is 58.3 Å². The second kappa shape index (κ2) is 9.01. The molecule has 22 heavy (non-hydrogen) atoms. The average Bonchev–Trinajstić information content (AvgIpc) is 3.06. The Hall–Kier alpha value is -1.26. The van der Waals surface area contributed by atoms with E-state index in [4.69, 9.17) is 0 Å². The largest absolute Gasteiger partial charge is 0.356 e. The van der Waals surface area contributed by atoms with Crippen molar-refractivity contribution in [1.29, 1.82) is 0 Å². The van der Waals surface area contributed by atoms with E-state index >= 15 is 0 Å². The van der Waals surface area contributed by atoms with Gasteiger partial charge in [0.05, 0.1) is 0 Å². The monoisotopic (exact) mass is 309 g/mol. The van der Waals surface area contributed by atoms with Gasteiger partial charge in [0.15, 0.2) is 0 Å². The van der Waals surface area contributed by atoms with Gasteiger partial charge >= 0.3 is 6.03 Å². The molecule has 0 aromatic carbocycles. The van der Waals surface area contributed by atoms with Crippen LogP contribution in [0.3, 0.4) is 0 Å². The summed E-state index contributed by atoms with van der Waals surface area (Å²) in [5, 5.41) is 6.00. The quantitative estimate of drug-likeness (QED) is 0.792. The number of nitrogens with zero attached hydrogens (tertiary/aromatic N) is 1. The van der Waals surface area contributed by atoms with Crippen LogP contribution in [0, 0.1) is 11.8 Å². The molecule has 2 fully saturated rings. The van der Waals surface area contributed by atoms with Gasteiger partial charge < -0.3 is 15.5 Å². The summed E-state index contributed by atoms with van der Waals surface area (Å²) >= 11 is 0. The van der Waals surface area contributed by atoms with E-state index in [1.165, 1.54) is 25.7 Å². The zero-order chi connectivity index (χ0) is 15.8. The van der Waals surface area contributed by atoms with Crippen LogP contribution >= 0.6 is 0 Å². The minimum Gasteiger partial charge on any atom is -0.356 e. The molecule has 1 saturated carbocycles. The van der Waals surface area contributed by atoms with Crippen molar-refractivity contribution in [2.45, 2.75) is 58.3 Å². The van der Waals surface area contributed by atoms with Crippen molar-refractivity contribution in [2.75, 3.05) is 26.2 Å². The number of likely N-dealkylation sites (tertiary alicyclic amines) is 1. The predicted octanol–water partition coefficient (Wildman–Crippen LogP) is 2.51. The molecule has 3 amide bonds. The smallest absolute Gasteiger partial charge is 0.317 e. The molecule has 1 aliphatic heterocycles. The van der Waals surface area contributed by atoms with Gasteiger partial charge in [-0.15, -0.1) is 0 Å². The van der Waals surface area contributed by atoms with Crippen LogP contribution in [0.4, 0.5) is 4.79 Å². The molecule has 5 heteroatoms. The first-order valence-electron chi connectivity index (χ1n) is 9.01. The Morgan fingerprint density at radius 1 is 1.00 bits per heavy atom. The van der Waals surface area contributed by atoms with Crippen molar-refractivity contribution in [3.8, 4) is 0 Å². The van der Waals surface area contributed by atoms with Crippen molar-refractivity contribution < 1.29 is 9.59 Å². The maximum atomic E-state index is 12.1. The van der Waals surface area contributed by atoms with E-state index in [0.29, 0.717) is 13.1 Å². The van der Waals surface area contributed by atoms with Crippen molar-refractivity contribution in [3.63, 3.8) is 0 Å². The summed E-state index contributed by atoms with van der Waals surface area (Å²) in [5.74, 6) is 1.05. The number of hydrogen-bond acceptors (Lipinski definition) is 2. The first-order valence-corrected chi connectivity index (χ1v) is 9.01. The average molecular weight is 309 g/mol. The molecule has 0 aromatic rings. The minimum absolute atomic E-state index is 0.0467. The number of piperidine rings is 1. The Balaban J connectivity index is 1.60. The zero-order valence-corrected chi connectivity index (χ0v) is 13.9. The van der Waals surface area contributed by atoms with Gasteiger partial charge in [-0.2, -0.15) is 0 Å². The molecule has 1 saturated heterocycles. The van der Waals surface area contributed by atoms with Crippen LogP contribution in [0.15, 0.2) is 0 Å². The highest BCUT2D eigenvalue weighted by atomic mass is 16.2. The Bertz CT molecular complexity index is 359. The van der Waals surface area contributed by atoms with Gasteiger partial charge in [-0.05, 0) is 31.6 Å². The lowest BCUT2D eigenvalue weighted by Crippen LogP contribution is -2.47. The Labute approximate surface area is 134 Å². The van der Waals surface area contributed by atoms with Gasteiger partial charge in [0, 0.05) is 32.1 Å². The van der Waals surface area contributed by atoms with Gasteiger partial charge in [-0.1, -0.05) is 32.6 Å². The Morgan fingerprint density at radius 2 is 1.68 bits per heavy atom. The molecule has 0 spiro atoms. The van der Waals surface area contributed by atoms with Crippen LogP contribution in [0.25, 0.3) is 0 Å². The predicted molar refractivity (Wildman–Crippen MR) is 87.6 cm³/mol. The number of carbonyl (C=O) groups is 2. The normalized spacial score (nSPS) is 20.1. The second-order valence-electron chi connectivity index (χ2n) is 6.72. The Kier molecular flexibility index (Phi) is 7.00. The molecule has 1 heterocycles. The summed E-state index contributed by atoms with van der Waals surface area (Å²) in [6, 6.07) is 0.0467. The topological polar surface area (TPSA) is 61.4 Å². The van der Waals surface area contributed by atoms with E-state index in [9.17, 15) is 9.59 Å². The van der Waals surface area contributed by atoms with Crippen LogP contribution in [0.5, 0.6) is 0 Å².